The van der Waals surface area contributed by atoms with Gasteiger partial charge in [-0.25, -0.2) is 0 Å². The van der Waals surface area contributed by atoms with Crippen molar-refractivity contribution >= 4 is 11.6 Å². The quantitative estimate of drug-likeness (QED) is 0.211. The summed E-state index contributed by atoms with van der Waals surface area (Å²) in [6.07, 6.45) is 15.4. The molecule has 1 atom stereocenters. The van der Waals surface area contributed by atoms with Gasteiger partial charge in [0.25, 0.3) is 0 Å². The third kappa shape index (κ3) is 10.3. The summed E-state index contributed by atoms with van der Waals surface area (Å²) >= 11 is 6.05. The highest BCUT2D eigenvalue weighted by molar-refractivity contribution is 6.30. The maximum atomic E-state index is 6.05. The van der Waals surface area contributed by atoms with Crippen molar-refractivity contribution in [1.82, 2.24) is 10.6 Å². The number of nitrogens with one attached hydrogen (secondary N) is 2. The summed E-state index contributed by atoms with van der Waals surface area (Å²) in [5.41, 5.74) is 3.74. The van der Waals surface area contributed by atoms with Gasteiger partial charge in [0.15, 0.2) is 0 Å². The smallest absolute Gasteiger partial charge is 0.0406 e. The van der Waals surface area contributed by atoms with Gasteiger partial charge in [-0.2, -0.15) is 0 Å². The molecule has 0 aliphatic heterocycles. The van der Waals surface area contributed by atoms with Crippen LogP contribution in [0.15, 0.2) is 85.1 Å². The van der Waals surface area contributed by atoms with Crippen LogP contribution in [-0.2, 0) is 0 Å². The Bertz CT molecular complexity index is 668. The Morgan fingerprint density at radius 2 is 1.93 bits per heavy atom. The fourth-order valence-electron chi connectivity index (χ4n) is 2.92. The summed E-state index contributed by atoms with van der Waals surface area (Å²) in [6.45, 7) is 15.0. The van der Waals surface area contributed by atoms with Crippen LogP contribution in [-0.4, -0.2) is 19.6 Å². The molecule has 0 bridgehead atoms. The summed E-state index contributed by atoms with van der Waals surface area (Å²) in [6, 6.07) is 8.11. The molecule has 2 N–H and O–H groups in total. The zero-order chi connectivity index (χ0) is 20.6. The third-order valence-electron chi connectivity index (χ3n) is 4.48. The van der Waals surface area contributed by atoms with E-state index in [-0.39, 0.29) is 5.92 Å². The first kappa shape index (κ1) is 24.0. The summed E-state index contributed by atoms with van der Waals surface area (Å²) in [4.78, 5) is 0. The molecule has 1 aromatic rings. The van der Waals surface area contributed by atoms with Crippen molar-refractivity contribution in [2.24, 2.45) is 0 Å². The standard InChI is InChI=1S/C25H35ClN2/c1-5-7-8-11-22(4)25(23-12-14-24(26)15-13-23)16-19-27-18-9-10-21(3)20-28-17-6-2/h5-8,11-15,20,25,27-28H,2,4,9-10,16-19H2,1,3H3/b7-5-,11-8-,21-20+. The summed E-state index contributed by atoms with van der Waals surface area (Å²) in [5, 5.41) is 7.56. The van der Waals surface area contributed by atoms with E-state index in [1.54, 1.807) is 0 Å². The lowest BCUT2D eigenvalue weighted by Gasteiger charge is -2.19. The van der Waals surface area contributed by atoms with Crippen LogP contribution >= 0.6 is 11.6 Å². The molecule has 0 amide bonds. The highest BCUT2D eigenvalue weighted by Crippen LogP contribution is 2.28. The van der Waals surface area contributed by atoms with Gasteiger partial charge in [0.2, 0.25) is 0 Å². The minimum Gasteiger partial charge on any atom is -0.387 e. The normalized spacial score (nSPS) is 13.2. The second-order valence-corrected chi connectivity index (χ2v) is 7.33. The molecule has 0 saturated heterocycles. The van der Waals surface area contributed by atoms with Crippen LogP contribution in [0, 0.1) is 0 Å². The Morgan fingerprint density at radius 1 is 1.18 bits per heavy atom. The second kappa shape index (κ2) is 15.0. The SMILES string of the molecule is C=CCN/C=C(\C)CCCNCCC(C(=C)/C=C\C=C/C)c1ccc(Cl)cc1. The molecule has 0 aliphatic carbocycles. The van der Waals surface area contributed by atoms with E-state index in [1.165, 1.54) is 11.1 Å². The molecule has 0 aliphatic rings. The van der Waals surface area contributed by atoms with E-state index in [1.807, 2.05) is 43.4 Å². The number of hydrogen-bond donors (Lipinski definition) is 2. The second-order valence-electron chi connectivity index (χ2n) is 6.89. The number of halogens is 1. The molecular weight excluding hydrogens is 364 g/mol. The van der Waals surface area contributed by atoms with Crippen LogP contribution in [0.2, 0.25) is 5.02 Å². The first-order valence-corrected chi connectivity index (χ1v) is 10.4. The van der Waals surface area contributed by atoms with Gasteiger partial charge in [-0.1, -0.05) is 66.3 Å². The molecule has 0 aromatic heterocycles. The van der Waals surface area contributed by atoms with Gasteiger partial charge >= 0.3 is 0 Å². The Kier molecular flexibility index (Phi) is 12.8. The van der Waals surface area contributed by atoms with E-state index >= 15 is 0 Å². The minimum absolute atomic E-state index is 0.288. The third-order valence-corrected chi connectivity index (χ3v) is 4.73. The van der Waals surface area contributed by atoms with E-state index in [4.69, 9.17) is 11.6 Å². The fraction of sp³-hybridized carbons (Fsp3) is 0.360. The number of rotatable bonds is 14. The zero-order valence-electron chi connectivity index (χ0n) is 17.4. The van der Waals surface area contributed by atoms with Crippen LogP contribution in [0.25, 0.3) is 0 Å². The van der Waals surface area contributed by atoms with Crippen molar-refractivity contribution in [1.29, 1.82) is 0 Å². The number of hydrogen-bond acceptors (Lipinski definition) is 2. The highest BCUT2D eigenvalue weighted by Gasteiger charge is 2.13. The monoisotopic (exact) mass is 398 g/mol. The Hall–Kier alpha value is -2.03. The summed E-state index contributed by atoms with van der Waals surface area (Å²) in [7, 11) is 0. The van der Waals surface area contributed by atoms with Gasteiger partial charge in [-0.3, -0.25) is 0 Å². The molecule has 1 aromatic carbocycles. The van der Waals surface area contributed by atoms with E-state index < -0.39 is 0 Å². The van der Waals surface area contributed by atoms with Crippen LogP contribution < -0.4 is 10.6 Å². The van der Waals surface area contributed by atoms with Gasteiger partial charge in [0.05, 0.1) is 0 Å². The highest BCUT2D eigenvalue weighted by atomic mass is 35.5. The predicted octanol–water partition coefficient (Wildman–Crippen LogP) is 6.55. The molecular formula is C25H35ClN2. The molecule has 1 rings (SSSR count). The molecule has 0 fully saturated rings. The van der Waals surface area contributed by atoms with Crippen LogP contribution in [0.1, 0.15) is 44.6 Å². The Morgan fingerprint density at radius 3 is 2.61 bits per heavy atom. The molecule has 0 radical (unpaired) electrons. The number of allylic oxidation sites excluding steroid dienone is 6. The molecule has 28 heavy (non-hydrogen) atoms. The van der Waals surface area contributed by atoms with Crippen molar-refractivity contribution < 1.29 is 0 Å². The summed E-state index contributed by atoms with van der Waals surface area (Å²) in [5.74, 6) is 0.288. The van der Waals surface area contributed by atoms with Gasteiger partial charge in [0.1, 0.15) is 0 Å². The van der Waals surface area contributed by atoms with Crippen molar-refractivity contribution in [3.63, 3.8) is 0 Å². The molecule has 0 spiro atoms. The van der Waals surface area contributed by atoms with Gasteiger partial charge < -0.3 is 10.6 Å². The molecule has 2 nitrogen and oxygen atoms in total. The van der Waals surface area contributed by atoms with Crippen LogP contribution in [0.4, 0.5) is 0 Å². The van der Waals surface area contributed by atoms with Gasteiger partial charge in [-0.15, -0.1) is 6.58 Å². The van der Waals surface area contributed by atoms with E-state index in [0.717, 1.165) is 49.5 Å². The van der Waals surface area contributed by atoms with Crippen molar-refractivity contribution in [2.45, 2.75) is 39.0 Å². The maximum absolute atomic E-state index is 6.05. The molecule has 0 heterocycles. The van der Waals surface area contributed by atoms with E-state index in [9.17, 15) is 0 Å². The molecule has 152 valence electrons. The molecule has 1 unspecified atom stereocenters. The summed E-state index contributed by atoms with van der Waals surface area (Å²) < 4.78 is 0. The van der Waals surface area contributed by atoms with Crippen molar-refractivity contribution in [3.05, 3.63) is 95.7 Å². The lowest BCUT2D eigenvalue weighted by Crippen LogP contribution is -2.19. The van der Waals surface area contributed by atoms with Crippen LogP contribution in [0.5, 0.6) is 0 Å². The molecule has 3 heteroatoms. The maximum Gasteiger partial charge on any atom is 0.0406 e. The first-order chi connectivity index (χ1) is 13.6. The first-order valence-electron chi connectivity index (χ1n) is 10.0. The minimum atomic E-state index is 0.288. The Labute approximate surface area is 176 Å². The lowest BCUT2D eigenvalue weighted by atomic mass is 9.88. The molecule has 0 saturated carbocycles. The Balaban J connectivity index is 2.49. The van der Waals surface area contributed by atoms with Gasteiger partial charge in [-0.05, 0) is 75.7 Å². The van der Waals surface area contributed by atoms with E-state index in [0.29, 0.717) is 0 Å². The van der Waals surface area contributed by atoms with Crippen molar-refractivity contribution in [3.8, 4) is 0 Å². The fourth-order valence-corrected chi connectivity index (χ4v) is 3.05. The van der Waals surface area contributed by atoms with Crippen LogP contribution in [0.3, 0.4) is 0 Å². The topological polar surface area (TPSA) is 24.1 Å². The van der Waals surface area contributed by atoms with E-state index in [2.05, 4.69) is 55.1 Å². The average Bonchev–Trinajstić information content (AvgIpc) is 2.68. The predicted molar refractivity (Wildman–Crippen MR) is 126 cm³/mol. The lowest BCUT2D eigenvalue weighted by molar-refractivity contribution is 0.593. The average molecular weight is 399 g/mol. The number of benzene rings is 1. The zero-order valence-corrected chi connectivity index (χ0v) is 18.1. The largest absolute Gasteiger partial charge is 0.387 e. The van der Waals surface area contributed by atoms with Gasteiger partial charge in [0, 0.05) is 17.5 Å². The van der Waals surface area contributed by atoms with Crippen molar-refractivity contribution in [2.75, 3.05) is 19.6 Å².